The molecule has 0 unspecified atom stereocenters. The average Bonchev–Trinajstić information content (AvgIpc) is 2.33. The van der Waals surface area contributed by atoms with E-state index in [9.17, 15) is 0 Å². The number of hydrogen-bond acceptors (Lipinski definition) is 5. The molecule has 2 aromatic carbocycles. The Kier molecular flexibility index (Phi) is 2.91. The maximum atomic E-state index is 5.63. The van der Waals surface area contributed by atoms with Gasteiger partial charge in [0.25, 0.3) is 0 Å². The van der Waals surface area contributed by atoms with Gasteiger partial charge in [0.2, 0.25) is 0 Å². The van der Waals surface area contributed by atoms with E-state index in [-0.39, 0.29) is 0 Å². The maximum Gasteiger partial charge on any atom is 0.180 e. The molecule has 0 saturated carbocycles. The lowest BCUT2D eigenvalue weighted by Gasteiger charge is -2.07. The monoisotopic (exact) mass is 231 g/mol. The first-order valence-corrected chi connectivity index (χ1v) is 5.00. The highest BCUT2D eigenvalue weighted by atomic mass is 17.2. The first-order valence-electron chi connectivity index (χ1n) is 5.00. The Hall–Kier alpha value is -2.56. The van der Waals surface area contributed by atoms with Crippen molar-refractivity contribution >= 4 is 17.1 Å². The van der Waals surface area contributed by atoms with Crippen molar-refractivity contribution in [3.8, 4) is 11.5 Å². The van der Waals surface area contributed by atoms with E-state index in [1.807, 2.05) is 0 Å². The molecule has 0 fully saturated rings. The third-order valence-corrected chi connectivity index (χ3v) is 2.17. The molecule has 0 heterocycles. The van der Waals surface area contributed by atoms with Crippen molar-refractivity contribution in [2.75, 3.05) is 17.2 Å². The molecular formula is C12H13N3O2. The van der Waals surface area contributed by atoms with Gasteiger partial charge in [0.05, 0.1) is 11.4 Å². The van der Waals surface area contributed by atoms with Crippen LogP contribution in [0.1, 0.15) is 0 Å². The quantitative estimate of drug-likeness (QED) is 0.425. The van der Waals surface area contributed by atoms with Gasteiger partial charge in [-0.25, -0.2) is 0 Å². The van der Waals surface area contributed by atoms with E-state index in [2.05, 4.69) is 0 Å². The Morgan fingerprint density at radius 3 is 1.88 bits per heavy atom. The second kappa shape index (κ2) is 4.52. The van der Waals surface area contributed by atoms with Crippen molar-refractivity contribution in [1.82, 2.24) is 0 Å². The van der Waals surface area contributed by atoms with E-state index in [0.717, 1.165) is 0 Å². The zero-order valence-corrected chi connectivity index (χ0v) is 9.09. The normalized spacial score (nSPS) is 9.88. The van der Waals surface area contributed by atoms with Crippen molar-refractivity contribution in [3.05, 3.63) is 42.5 Å². The molecule has 2 rings (SSSR count). The largest absolute Gasteiger partial charge is 0.399 e. The van der Waals surface area contributed by atoms with E-state index in [1.54, 1.807) is 42.5 Å². The second-order valence-corrected chi connectivity index (χ2v) is 3.53. The molecule has 0 amide bonds. The summed E-state index contributed by atoms with van der Waals surface area (Å²) in [6, 6.07) is 11.8. The van der Waals surface area contributed by atoms with Crippen LogP contribution in [0.4, 0.5) is 17.1 Å². The molecule has 0 aliphatic carbocycles. The Balaban J connectivity index is 2.02. The summed E-state index contributed by atoms with van der Waals surface area (Å²) in [5.74, 6) is 1.03. The maximum absolute atomic E-state index is 5.63. The first-order chi connectivity index (χ1) is 8.15. The smallest absolute Gasteiger partial charge is 0.180 e. The summed E-state index contributed by atoms with van der Waals surface area (Å²) in [5, 5.41) is 0. The minimum absolute atomic E-state index is 0.448. The summed E-state index contributed by atoms with van der Waals surface area (Å²) in [6.45, 7) is 0. The van der Waals surface area contributed by atoms with Gasteiger partial charge in [-0.3, -0.25) is 9.78 Å². The van der Waals surface area contributed by atoms with Crippen LogP contribution in [-0.4, -0.2) is 0 Å². The standard InChI is InChI=1S/C12H13N3O2/c13-8-1-3-9(4-2-8)16-17-10-5-6-11(14)12(15)7-10/h1-7H,13-15H2. The van der Waals surface area contributed by atoms with Gasteiger partial charge in [-0.05, 0) is 36.4 Å². The minimum atomic E-state index is 0.448. The third kappa shape index (κ3) is 2.72. The minimum Gasteiger partial charge on any atom is -0.399 e. The lowest BCUT2D eigenvalue weighted by molar-refractivity contribution is -0.0998. The molecule has 0 saturated heterocycles. The van der Waals surface area contributed by atoms with Crippen LogP contribution in [0.15, 0.2) is 42.5 Å². The molecule has 0 atom stereocenters. The van der Waals surface area contributed by atoms with Crippen LogP contribution >= 0.6 is 0 Å². The number of anilines is 3. The Bertz CT molecular complexity index is 512. The van der Waals surface area contributed by atoms with Crippen molar-refractivity contribution in [2.45, 2.75) is 0 Å². The van der Waals surface area contributed by atoms with Crippen LogP contribution in [0.25, 0.3) is 0 Å². The molecule has 0 aliphatic heterocycles. The SMILES string of the molecule is Nc1ccc(OOc2ccc(N)c(N)c2)cc1. The van der Waals surface area contributed by atoms with E-state index in [1.165, 1.54) is 0 Å². The Labute approximate surface area is 98.7 Å². The number of hydrogen-bond donors (Lipinski definition) is 3. The summed E-state index contributed by atoms with van der Waals surface area (Å²) in [5.41, 5.74) is 18.4. The molecule has 6 N–H and O–H groups in total. The van der Waals surface area contributed by atoms with E-state index in [4.69, 9.17) is 27.0 Å². The van der Waals surface area contributed by atoms with Crippen molar-refractivity contribution in [1.29, 1.82) is 0 Å². The second-order valence-electron chi connectivity index (χ2n) is 3.53. The summed E-state index contributed by atoms with van der Waals surface area (Å²) < 4.78 is 0. The molecule has 5 nitrogen and oxygen atoms in total. The highest BCUT2D eigenvalue weighted by Crippen LogP contribution is 2.22. The van der Waals surface area contributed by atoms with E-state index >= 15 is 0 Å². The van der Waals surface area contributed by atoms with Gasteiger partial charge < -0.3 is 17.2 Å². The fourth-order valence-corrected chi connectivity index (χ4v) is 1.22. The average molecular weight is 231 g/mol. The Morgan fingerprint density at radius 1 is 0.647 bits per heavy atom. The molecule has 0 aliphatic rings. The summed E-state index contributed by atoms with van der Waals surface area (Å²) in [4.78, 5) is 10.2. The Morgan fingerprint density at radius 2 is 1.24 bits per heavy atom. The lowest BCUT2D eigenvalue weighted by atomic mass is 10.2. The van der Waals surface area contributed by atoms with E-state index in [0.29, 0.717) is 28.6 Å². The van der Waals surface area contributed by atoms with Gasteiger partial charge in [-0.15, -0.1) is 0 Å². The zero-order chi connectivity index (χ0) is 12.3. The fourth-order valence-electron chi connectivity index (χ4n) is 1.22. The zero-order valence-electron chi connectivity index (χ0n) is 9.09. The van der Waals surface area contributed by atoms with Gasteiger partial charge in [0, 0.05) is 11.8 Å². The number of benzene rings is 2. The van der Waals surface area contributed by atoms with Crippen LogP contribution in [0.3, 0.4) is 0 Å². The highest BCUT2D eigenvalue weighted by molar-refractivity contribution is 5.65. The lowest BCUT2D eigenvalue weighted by Crippen LogP contribution is -2.02. The number of nitrogen functional groups attached to an aromatic ring is 3. The number of nitrogens with two attached hydrogens (primary N) is 3. The topological polar surface area (TPSA) is 96.5 Å². The molecule has 0 radical (unpaired) electrons. The van der Waals surface area contributed by atoms with Crippen molar-refractivity contribution < 1.29 is 9.78 Å². The molecule has 0 spiro atoms. The third-order valence-electron chi connectivity index (χ3n) is 2.17. The molecule has 0 aromatic heterocycles. The summed E-state index contributed by atoms with van der Waals surface area (Å²) in [7, 11) is 0. The molecule has 88 valence electrons. The fraction of sp³-hybridized carbons (Fsp3) is 0. The van der Waals surface area contributed by atoms with Crippen LogP contribution in [0.2, 0.25) is 0 Å². The van der Waals surface area contributed by atoms with Crippen LogP contribution < -0.4 is 27.0 Å². The van der Waals surface area contributed by atoms with Crippen LogP contribution in [0.5, 0.6) is 11.5 Å². The molecule has 5 heteroatoms. The van der Waals surface area contributed by atoms with Gasteiger partial charge in [-0.2, -0.15) is 0 Å². The molecule has 0 bridgehead atoms. The summed E-state index contributed by atoms with van der Waals surface area (Å²) >= 11 is 0. The summed E-state index contributed by atoms with van der Waals surface area (Å²) in [6.07, 6.45) is 0. The molecule has 17 heavy (non-hydrogen) atoms. The van der Waals surface area contributed by atoms with Crippen molar-refractivity contribution in [2.24, 2.45) is 0 Å². The van der Waals surface area contributed by atoms with Gasteiger partial charge in [0.15, 0.2) is 11.5 Å². The predicted molar refractivity (Wildman–Crippen MR) is 67.4 cm³/mol. The van der Waals surface area contributed by atoms with Crippen molar-refractivity contribution in [3.63, 3.8) is 0 Å². The van der Waals surface area contributed by atoms with Crippen LogP contribution in [0, 0.1) is 0 Å². The molecule has 2 aromatic rings. The van der Waals surface area contributed by atoms with Gasteiger partial charge in [0.1, 0.15) is 0 Å². The predicted octanol–water partition coefficient (Wildman–Crippen LogP) is 1.81. The van der Waals surface area contributed by atoms with E-state index < -0.39 is 0 Å². The highest BCUT2D eigenvalue weighted by Gasteiger charge is 2.00. The van der Waals surface area contributed by atoms with Gasteiger partial charge >= 0.3 is 0 Å². The number of rotatable bonds is 3. The molecular weight excluding hydrogens is 218 g/mol. The van der Waals surface area contributed by atoms with Crippen LogP contribution in [-0.2, 0) is 0 Å². The first kappa shape index (κ1) is 10.9. The van der Waals surface area contributed by atoms with Gasteiger partial charge in [-0.1, -0.05) is 0 Å².